The normalized spacial score (nSPS) is 22.5. The predicted molar refractivity (Wildman–Crippen MR) is 109 cm³/mol. The Morgan fingerprint density at radius 3 is 1.61 bits per heavy atom. The van der Waals surface area contributed by atoms with Crippen molar-refractivity contribution >= 4 is 10.1 Å². The molecule has 0 spiro atoms. The summed E-state index contributed by atoms with van der Waals surface area (Å²) >= 11 is 0. The molecule has 1 unspecified atom stereocenters. The first-order valence-corrected chi connectivity index (χ1v) is 10.9. The summed E-state index contributed by atoms with van der Waals surface area (Å²) < 4.78 is 29.8. The van der Waals surface area contributed by atoms with Gasteiger partial charge >= 0.3 is 0 Å². The van der Waals surface area contributed by atoms with Gasteiger partial charge in [0.05, 0.1) is 11.7 Å². The fourth-order valence-electron chi connectivity index (χ4n) is 5.08. The Morgan fingerprint density at radius 1 is 0.857 bits per heavy atom. The molecule has 0 aromatic heterocycles. The van der Waals surface area contributed by atoms with E-state index in [-0.39, 0.29) is 5.92 Å². The van der Waals surface area contributed by atoms with Crippen LogP contribution in [0.2, 0.25) is 0 Å². The second-order valence-corrected chi connectivity index (χ2v) is 8.95. The van der Waals surface area contributed by atoms with E-state index in [2.05, 4.69) is 24.1 Å². The van der Waals surface area contributed by atoms with Gasteiger partial charge < -0.3 is 0 Å². The van der Waals surface area contributed by atoms with Crippen LogP contribution in [0.25, 0.3) is 0 Å². The fraction of sp³-hybridized carbons (Fsp3) is 0.167. The molecule has 28 heavy (non-hydrogen) atoms. The highest BCUT2D eigenvalue weighted by molar-refractivity contribution is 7.86. The van der Waals surface area contributed by atoms with Crippen molar-refractivity contribution in [3.63, 3.8) is 0 Å². The van der Waals surface area contributed by atoms with Crippen molar-refractivity contribution in [3.8, 4) is 12.3 Å². The number of hydrogen-bond donors (Lipinski definition) is 0. The van der Waals surface area contributed by atoms with E-state index in [0.29, 0.717) is 0 Å². The lowest BCUT2D eigenvalue weighted by atomic mass is 9.51. The summed E-state index contributed by atoms with van der Waals surface area (Å²) in [7, 11) is -3.77. The van der Waals surface area contributed by atoms with E-state index < -0.39 is 21.6 Å². The van der Waals surface area contributed by atoms with E-state index in [4.69, 9.17) is 10.6 Å². The fourth-order valence-corrected chi connectivity index (χ4v) is 5.63. The van der Waals surface area contributed by atoms with Crippen LogP contribution in [0.4, 0.5) is 0 Å². The standard InChI is InChI=1S/C24H18O3S/c1-3-22(27-28(2,25)26)24-19-13-7-4-10-16(19)23(17-11-5-8-14-20(17)24)18-12-6-9-15-21(18)24/h1,4-15,22-23H,2H3. The zero-order chi connectivity index (χ0) is 19.5. The Kier molecular flexibility index (Phi) is 3.58. The van der Waals surface area contributed by atoms with Crippen LogP contribution < -0.4 is 0 Å². The first-order valence-electron chi connectivity index (χ1n) is 9.11. The van der Waals surface area contributed by atoms with Crippen LogP contribution in [0.5, 0.6) is 0 Å². The maximum Gasteiger partial charge on any atom is 0.265 e. The van der Waals surface area contributed by atoms with Crippen LogP contribution in [0, 0.1) is 12.3 Å². The summed E-state index contributed by atoms with van der Waals surface area (Å²) in [4.78, 5) is 0. The molecule has 3 aliphatic carbocycles. The summed E-state index contributed by atoms with van der Waals surface area (Å²) in [6.07, 6.45) is 5.98. The molecule has 0 aliphatic heterocycles. The van der Waals surface area contributed by atoms with E-state index in [1.165, 1.54) is 0 Å². The molecule has 138 valence electrons. The highest BCUT2D eigenvalue weighted by atomic mass is 32.2. The molecule has 1 atom stereocenters. The van der Waals surface area contributed by atoms with Crippen molar-refractivity contribution in [2.75, 3.05) is 6.26 Å². The molecule has 0 fully saturated rings. The van der Waals surface area contributed by atoms with Gasteiger partial charge in [-0.25, -0.2) is 0 Å². The number of benzene rings is 3. The molecule has 4 heteroatoms. The van der Waals surface area contributed by atoms with Crippen molar-refractivity contribution in [1.29, 1.82) is 0 Å². The third kappa shape index (κ3) is 2.12. The van der Waals surface area contributed by atoms with Gasteiger partial charge in [-0.3, -0.25) is 4.18 Å². The number of rotatable bonds is 3. The van der Waals surface area contributed by atoms with Crippen LogP contribution in [0.3, 0.4) is 0 Å². The summed E-state index contributed by atoms with van der Waals surface area (Å²) in [6.45, 7) is 0. The molecule has 0 amide bonds. The Hall–Kier alpha value is -2.87. The highest BCUT2D eigenvalue weighted by Crippen LogP contribution is 2.60. The van der Waals surface area contributed by atoms with Crippen LogP contribution in [0.15, 0.2) is 72.8 Å². The molecule has 0 saturated heterocycles. The quantitative estimate of drug-likeness (QED) is 0.508. The lowest BCUT2D eigenvalue weighted by molar-refractivity contribution is 0.203. The van der Waals surface area contributed by atoms with Gasteiger partial charge in [0.2, 0.25) is 0 Å². The molecule has 6 rings (SSSR count). The Balaban J connectivity index is 1.96. The van der Waals surface area contributed by atoms with Gasteiger partial charge in [0.25, 0.3) is 10.1 Å². The van der Waals surface area contributed by atoms with Crippen LogP contribution in [-0.4, -0.2) is 20.8 Å². The predicted octanol–water partition coefficient (Wildman–Crippen LogP) is 3.81. The van der Waals surface area contributed by atoms with Crippen molar-refractivity contribution in [2.24, 2.45) is 0 Å². The van der Waals surface area contributed by atoms with Gasteiger partial charge in [-0.15, -0.1) is 6.42 Å². The van der Waals surface area contributed by atoms with E-state index in [0.717, 1.165) is 39.6 Å². The lowest BCUT2D eigenvalue weighted by Crippen LogP contribution is -2.51. The first-order chi connectivity index (χ1) is 13.5. The Labute approximate surface area is 165 Å². The largest absolute Gasteiger partial charge is 0.265 e. The molecule has 0 radical (unpaired) electrons. The Bertz CT molecular complexity index is 1130. The van der Waals surface area contributed by atoms with Crippen LogP contribution in [-0.2, 0) is 19.7 Å². The molecule has 2 bridgehead atoms. The van der Waals surface area contributed by atoms with Gasteiger partial charge in [-0.05, 0) is 33.4 Å². The van der Waals surface area contributed by atoms with Gasteiger partial charge in [0, 0.05) is 5.92 Å². The highest BCUT2D eigenvalue weighted by Gasteiger charge is 2.56. The lowest BCUT2D eigenvalue weighted by Gasteiger charge is -2.52. The van der Waals surface area contributed by atoms with Crippen molar-refractivity contribution in [2.45, 2.75) is 17.4 Å². The minimum absolute atomic E-state index is 0.0992. The van der Waals surface area contributed by atoms with Crippen molar-refractivity contribution in [1.82, 2.24) is 0 Å². The maximum atomic E-state index is 12.1. The third-order valence-corrected chi connectivity index (χ3v) is 6.45. The number of terminal acetylenes is 1. The third-order valence-electron chi connectivity index (χ3n) is 5.91. The van der Waals surface area contributed by atoms with Gasteiger partial charge in [-0.1, -0.05) is 78.7 Å². The summed E-state index contributed by atoms with van der Waals surface area (Å²) in [5.74, 6) is 2.77. The van der Waals surface area contributed by atoms with Crippen LogP contribution in [0.1, 0.15) is 39.3 Å². The molecule has 0 heterocycles. The second kappa shape index (κ2) is 5.81. The summed E-state index contributed by atoms with van der Waals surface area (Å²) in [5, 5.41) is 0. The molecule has 0 saturated carbocycles. The molecular weight excluding hydrogens is 368 g/mol. The van der Waals surface area contributed by atoms with Crippen molar-refractivity contribution < 1.29 is 12.6 Å². The summed E-state index contributed by atoms with van der Waals surface area (Å²) in [5.41, 5.74) is 5.62. The van der Waals surface area contributed by atoms with E-state index in [9.17, 15) is 8.42 Å². The van der Waals surface area contributed by atoms with Gasteiger partial charge in [0.1, 0.15) is 0 Å². The smallest absolute Gasteiger partial charge is 0.252 e. The molecular formula is C24H18O3S. The van der Waals surface area contributed by atoms with Gasteiger partial charge in [0.15, 0.2) is 6.10 Å². The molecule has 3 nitrogen and oxygen atoms in total. The average Bonchev–Trinajstić information content (AvgIpc) is 2.71. The number of hydrogen-bond acceptors (Lipinski definition) is 3. The summed E-state index contributed by atoms with van der Waals surface area (Å²) in [6, 6.07) is 24.4. The minimum atomic E-state index is -3.77. The van der Waals surface area contributed by atoms with Crippen LogP contribution >= 0.6 is 0 Å². The minimum Gasteiger partial charge on any atom is -0.252 e. The molecule has 3 aromatic rings. The van der Waals surface area contributed by atoms with Gasteiger partial charge in [-0.2, -0.15) is 8.42 Å². The average molecular weight is 386 g/mol. The molecule has 3 aromatic carbocycles. The molecule has 3 aliphatic rings. The maximum absolute atomic E-state index is 12.1. The monoisotopic (exact) mass is 386 g/mol. The van der Waals surface area contributed by atoms with E-state index in [1.807, 2.05) is 54.6 Å². The van der Waals surface area contributed by atoms with E-state index in [1.54, 1.807) is 0 Å². The zero-order valence-corrected chi connectivity index (χ0v) is 16.1. The molecule has 0 N–H and O–H groups in total. The van der Waals surface area contributed by atoms with E-state index >= 15 is 0 Å². The SMILES string of the molecule is C#CC(OS(C)(=O)=O)C12c3ccccc3C(c3ccccc31)c1ccccc12. The Morgan fingerprint density at radius 2 is 1.25 bits per heavy atom. The first kappa shape index (κ1) is 17.2. The van der Waals surface area contributed by atoms with Crippen molar-refractivity contribution in [3.05, 3.63) is 106 Å². The second-order valence-electron chi connectivity index (χ2n) is 7.35. The topological polar surface area (TPSA) is 43.4 Å². The zero-order valence-electron chi connectivity index (χ0n) is 15.3.